The number of anilines is 1. The minimum Gasteiger partial charge on any atom is -0.497 e. The van der Waals surface area contributed by atoms with E-state index in [1.807, 2.05) is 24.4 Å². The van der Waals surface area contributed by atoms with Crippen molar-refractivity contribution in [1.82, 2.24) is 14.5 Å². The second-order valence-corrected chi connectivity index (χ2v) is 6.61. The number of fused-ring (bicyclic) bond motifs is 1. The van der Waals surface area contributed by atoms with Crippen LogP contribution in [0.5, 0.6) is 5.75 Å². The van der Waals surface area contributed by atoms with Crippen LogP contribution >= 0.6 is 11.6 Å². The minimum atomic E-state index is 0.199. The Morgan fingerprint density at radius 3 is 2.71 bits per heavy atom. The van der Waals surface area contributed by atoms with Crippen molar-refractivity contribution in [2.75, 3.05) is 12.8 Å². The lowest BCUT2D eigenvalue weighted by atomic mass is 9.97. The highest BCUT2D eigenvalue weighted by molar-refractivity contribution is 6.28. The van der Waals surface area contributed by atoms with Crippen LogP contribution in [0.2, 0.25) is 5.28 Å². The van der Waals surface area contributed by atoms with E-state index in [4.69, 9.17) is 22.1 Å². The van der Waals surface area contributed by atoms with E-state index in [1.165, 1.54) is 5.56 Å². The van der Waals surface area contributed by atoms with Crippen LogP contribution in [0.15, 0.2) is 36.5 Å². The summed E-state index contributed by atoms with van der Waals surface area (Å²) >= 11 is 5.99. The third-order valence-corrected chi connectivity index (χ3v) is 5.13. The van der Waals surface area contributed by atoms with Gasteiger partial charge in [-0.25, -0.2) is 4.98 Å². The van der Waals surface area contributed by atoms with Gasteiger partial charge in [0.15, 0.2) is 0 Å². The van der Waals surface area contributed by atoms with Gasteiger partial charge in [0, 0.05) is 12.2 Å². The molecule has 0 amide bonds. The van der Waals surface area contributed by atoms with Crippen LogP contribution in [-0.4, -0.2) is 21.6 Å². The summed E-state index contributed by atoms with van der Waals surface area (Å²) in [4.78, 5) is 8.41. The summed E-state index contributed by atoms with van der Waals surface area (Å²) in [6.45, 7) is 0. The van der Waals surface area contributed by atoms with Crippen molar-refractivity contribution in [3.8, 4) is 5.75 Å². The van der Waals surface area contributed by atoms with Crippen molar-refractivity contribution in [2.24, 2.45) is 0 Å². The first-order valence-electron chi connectivity index (χ1n) is 8.09. The van der Waals surface area contributed by atoms with Crippen LogP contribution in [0.4, 0.5) is 5.82 Å². The molecule has 1 fully saturated rings. The van der Waals surface area contributed by atoms with E-state index in [0.717, 1.165) is 36.0 Å². The molecule has 2 unspecified atom stereocenters. The van der Waals surface area contributed by atoms with Crippen LogP contribution in [0.3, 0.4) is 0 Å². The van der Waals surface area contributed by atoms with E-state index in [1.54, 1.807) is 7.11 Å². The fourth-order valence-corrected chi connectivity index (χ4v) is 3.88. The molecule has 24 heavy (non-hydrogen) atoms. The maximum atomic E-state index is 5.99. The van der Waals surface area contributed by atoms with Crippen LogP contribution in [0.1, 0.15) is 36.8 Å². The number of nitrogen functional groups attached to an aromatic ring is 1. The zero-order chi connectivity index (χ0) is 16.7. The van der Waals surface area contributed by atoms with Crippen molar-refractivity contribution >= 4 is 28.5 Å². The molecule has 0 aliphatic heterocycles. The second-order valence-electron chi connectivity index (χ2n) is 6.28. The first-order valence-corrected chi connectivity index (χ1v) is 8.47. The van der Waals surface area contributed by atoms with Crippen molar-refractivity contribution in [2.45, 2.75) is 31.2 Å². The first kappa shape index (κ1) is 15.3. The number of ether oxygens (including phenoxy) is 1. The summed E-state index contributed by atoms with van der Waals surface area (Å²) in [7, 11) is 1.69. The molecule has 2 atom stereocenters. The molecule has 5 nitrogen and oxygen atoms in total. The lowest BCUT2D eigenvalue weighted by Gasteiger charge is -2.15. The lowest BCUT2D eigenvalue weighted by molar-refractivity contribution is 0.414. The van der Waals surface area contributed by atoms with Gasteiger partial charge in [-0.15, -0.1) is 0 Å². The Hall–Kier alpha value is -2.27. The van der Waals surface area contributed by atoms with Crippen LogP contribution in [0.25, 0.3) is 11.0 Å². The number of rotatable bonds is 3. The molecule has 0 radical (unpaired) electrons. The Balaban J connectivity index is 1.60. The Morgan fingerprint density at radius 2 is 1.96 bits per heavy atom. The number of halogens is 1. The lowest BCUT2D eigenvalue weighted by Crippen LogP contribution is -2.06. The van der Waals surface area contributed by atoms with Crippen LogP contribution < -0.4 is 10.5 Å². The molecule has 2 aromatic heterocycles. The van der Waals surface area contributed by atoms with Gasteiger partial charge in [-0.1, -0.05) is 12.1 Å². The van der Waals surface area contributed by atoms with Crippen molar-refractivity contribution in [3.63, 3.8) is 0 Å². The van der Waals surface area contributed by atoms with E-state index >= 15 is 0 Å². The number of hydrogen-bond donors (Lipinski definition) is 1. The fourth-order valence-electron chi connectivity index (χ4n) is 3.71. The van der Waals surface area contributed by atoms with Gasteiger partial charge in [-0.3, -0.25) is 0 Å². The maximum absolute atomic E-state index is 5.99. The topological polar surface area (TPSA) is 66.0 Å². The number of nitrogens with zero attached hydrogens (tertiary/aromatic N) is 3. The summed E-state index contributed by atoms with van der Waals surface area (Å²) in [6, 6.07) is 10.8. The van der Waals surface area contributed by atoms with Gasteiger partial charge in [0.1, 0.15) is 17.2 Å². The molecule has 124 valence electrons. The van der Waals surface area contributed by atoms with Crippen molar-refractivity contribution < 1.29 is 4.74 Å². The fraction of sp³-hybridized carbons (Fsp3) is 0.333. The highest BCUT2D eigenvalue weighted by Gasteiger charge is 2.28. The smallest absolute Gasteiger partial charge is 0.226 e. The summed E-state index contributed by atoms with van der Waals surface area (Å²) in [5, 5.41) is 1.07. The van der Waals surface area contributed by atoms with Gasteiger partial charge in [-0.2, -0.15) is 4.98 Å². The molecular weight excluding hydrogens is 324 g/mol. The highest BCUT2D eigenvalue weighted by Crippen LogP contribution is 2.42. The summed E-state index contributed by atoms with van der Waals surface area (Å²) < 4.78 is 7.44. The molecule has 4 rings (SSSR count). The van der Waals surface area contributed by atoms with Crippen LogP contribution in [-0.2, 0) is 0 Å². The molecule has 2 heterocycles. The van der Waals surface area contributed by atoms with Gasteiger partial charge >= 0.3 is 0 Å². The molecule has 0 saturated heterocycles. The van der Waals surface area contributed by atoms with Gasteiger partial charge in [0.05, 0.1) is 12.5 Å². The molecular formula is C18H19ClN4O. The SMILES string of the molecule is COc1ccc(C2CCC(n3ccc4c(N)nc(Cl)nc43)C2)cc1. The monoisotopic (exact) mass is 342 g/mol. The largest absolute Gasteiger partial charge is 0.497 e. The molecule has 1 aliphatic rings. The molecule has 1 saturated carbocycles. The van der Waals surface area contributed by atoms with Crippen molar-refractivity contribution in [3.05, 3.63) is 47.4 Å². The summed E-state index contributed by atoms with van der Waals surface area (Å²) in [6.07, 6.45) is 5.40. The minimum absolute atomic E-state index is 0.199. The van der Waals surface area contributed by atoms with E-state index < -0.39 is 0 Å². The molecule has 1 aliphatic carbocycles. The standard InChI is InChI=1S/C18H19ClN4O/c1-24-14-6-3-11(4-7-14)12-2-5-13(10-12)23-9-8-15-16(20)21-18(19)22-17(15)23/h3-4,6-9,12-13H,2,5,10H2,1H3,(H2,20,21,22). The third-order valence-electron chi connectivity index (χ3n) is 4.96. The number of nitrogens with two attached hydrogens (primary N) is 1. The quantitative estimate of drug-likeness (QED) is 0.725. The Kier molecular flexibility index (Phi) is 3.81. The van der Waals surface area contributed by atoms with Gasteiger partial charge in [0.2, 0.25) is 5.28 Å². The highest BCUT2D eigenvalue weighted by atomic mass is 35.5. The zero-order valence-corrected chi connectivity index (χ0v) is 14.2. The summed E-state index contributed by atoms with van der Waals surface area (Å²) in [5.74, 6) is 1.88. The number of aromatic nitrogens is 3. The molecule has 0 bridgehead atoms. The number of hydrogen-bond acceptors (Lipinski definition) is 4. The van der Waals surface area contributed by atoms with Gasteiger partial charge < -0.3 is 15.0 Å². The Morgan fingerprint density at radius 1 is 1.17 bits per heavy atom. The van der Waals surface area contributed by atoms with E-state index in [9.17, 15) is 0 Å². The predicted molar refractivity (Wildman–Crippen MR) is 95.6 cm³/mol. The number of benzene rings is 1. The van der Waals surface area contributed by atoms with E-state index in [-0.39, 0.29) is 5.28 Å². The van der Waals surface area contributed by atoms with Gasteiger partial charge in [0.25, 0.3) is 0 Å². The van der Waals surface area contributed by atoms with E-state index in [0.29, 0.717) is 17.8 Å². The average molecular weight is 343 g/mol. The summed E-state index contributed by atoms with van der Waals surface area (Å²) in [5.41, 5.74) is 8.14. The average Bonchev–Trinajstić information content (AvgIpc) is 3.21. The predicted octanol–water partition coefficient (Wildman–Crippen LogP) is 4.18. The molecule has 0 spiro atoms. The molecule has 3 aromatic rings. The molecule has 1 aromatic carbocycles. The molecule has 6 heteroatoms. The third kappa shape index (κ3) is 2.59. The normalized spacial score (nSPS) is 20.6. The van der Waals surface area contributed by atoms with Gasteiger partial charge in [-0.05, 0) is 60.5 Å². The Bertz CT molecular complexity index is 875. The second kappa shape index (κ2) is 5.98. The maximum Gasteiger partial charge on any atom is 0.226 e. The van der Waals surface area contributed by atoms with Crippen LogP contribution in [0, 0.1) is 0 Å². The molecule has 2 N–H and O–H groups in total. The zero-order valence-electron chi connectivity index (χ0n) is 13.4. The van der Waals surface area contributed by atoms with E-state index in [2.05, 4.69) is 26.7 Å². The van der Waals surface area contributed by atoms with Crippen molar-refractivity contribution in [1.29, 1.82) is 0 Å². The first-order chi connectivity index (χ1) is 11.7. The Labute approximate surface area is 145 Å². The number of methoxy groups -OCH3 is 1.